The molecule has 0 unspecified atom stereocenters. The van der Waals surface area contributed by atoms with Crippen LogP contribution in [0.5, 0.6) is 0 Å². The van der Waals surface area contributed by atoms with Crippen molar-refractivity contribution >= 4 is 0 Å². The Labute approximate surface area is 173 Å². The number of halogens is 1. The van der Waals surface area contributed by atoms with Gasteiger partial charge in [0.2, 0.25) is 0 Å². The Bertz CT molecular complexity index is 486. The van der Waals surface area contributed by atoms with Gasteiger partial charge in [0.25, 0.3) is 0 Å². The number of hydrogen-bond donors (Lipinski definition) is 1. The van der Waals surface area contributed by atoms with Crippen LogP contribution in [0.25, 0.3) is 0 Å². The highest BCUT2D eigenvalue weighted by Gasteiger charge is 2.54. The van der Waals surface area contributed by atoms with E-state index < -0.39 is 5.67 Å². The van der Waals surface area contributed by atoms with Crippen LogP contribution in [0.1, 0.15) is 79.6 Å². The lowest BCUT2D eigenvalue weighted by molar-refractivity contribution is -0.0964. The van der Waals surface area contributed by atoms with Crippen molar-refractivity contribution in [1.29, 1.82) is 0 Å². The van der Waals surface area contributed by atoms with Crippen LogP contribution in [-0.2, 0) is 0 Å². The molecular weight excluding hydrogens is 349 g/mol. The normalized spacial score (nSPS) is 33.4. The quantitative estimate of drug-likeness (QED) is 0.511. The molecule has 3 rings (SSSR count). The topological polar surface area (TPSA) is 18.5 Å². The number of hydrogen-bond acceptors (Lipinski definition) is 3. The van der Waals surface area contributed by atoms with Gasteiger partial charge in [0.1, 0.15) is 5.67 Å². The van der Waals surface area contributed by atoms with E-state index in [0.717, 1.165) is 64.3 Å². The predicted octanol–water partition coefficient (Wildman–Crippen LogP) is 4.72. The minimum atomic E-state index is -0.939. The van der Waals surface area contributed by atoms with E-state index in [-0.39, 0.29) is 5.41 Å². The van der Waals surface area contributed by atoms with Crippen molar-refractivity contribution in [1.82, 2.24) is 15.1 Å². The molecule has 1 saturated heterocycles. The smallest absolute Gasteiger partial charge is 0.124 e. The summed E-state index contributed by atoms with van der Waals surface area (Å²) in [4.78, 5) is 4.88. The highest BCUT2D eigenvalue weighted by Crippen LogP contribution is 2.55. The fourth-order valence-corrected chi connectivity index (χ4v) is 6.05. The standard InChI is InChI=1S/C24H46FN3/c1-6-22(9-10-26-18-23(7-8-23)15-20(2)3)16-24(25,17-22)19-27-11-13-28(14-12-27)21(4)5/h20-21,26H,6-19H2,1-5H3. The van der Waals surface area contributed by atoms with E-state index in [0.29, 0.717) is 18.0 Å². The van der Waals surface area contributed by atoms with Crippen LogP contribution >= 0.6 is 0 Å². The Morgan fingerprint density at radius 2 is 1.61 bits per heavy atom. The number of piperazine rings is 1. The van der Waals surface area contributed by atoms with Crippen LogP contribution < -0.4 is 5.32 Å². The first kappa shape index (κ1) is 22.5. The van der Waals surface area contributed by atoms with Gasteiger partial charge >= 0.3 is 0 Å². The molecule has 2 saturated carbocycles. The molecule has 0 spiro atoms. The van der Waals surface area contributed by atoms with Gasteiger partial charge in [-0.3, -0.25) is 9.80 Å². The van der Waals surface area contributed by atoms with Gasteiger partial charge in [-0.15, -0.1) is 0 Å². The first-order valence-electron chi connectivity index (χ1n) is 12.0. The zero-order valence-corrected chi connectivity index (χ0v) is 19.3. The molecule has 0 aromatic carbocycles. The molecule has 0 aromatic rings. The van der Waals surface area contributed by atoms with Gasteiger partial charge in [-0.2, -0.15) is 0 Å². The predicted molar refractivity (Wildman–Crippen MR) is 118 cm³/mol. The van der Waals surface area contributed by atoms with Crippen LogP contribution in [0.4, 0.5) is 4.39 Å². The minimum Gasteiger partial charge on any atom is -0.316 e. The summed E-state index contributed by atoms with van der Waals surface area (Å²) in [7, 11) is 0. The van der Waals surface area contributed by atoms with Gasteiger partial charge in [-0.25, -0.2) is 4.39 Å². The summed E-state index contributed by atoms with van der Waals surface area (Å²) in [5.74, 6) is 0.799. The SMILES string of the molecule is CCC1(CCNCC2(CC(C)C)CC2)CC(F)(CN2CCN(C(C)C)CC2)C1. The second kappa shape index (κ2) is 8.89. The molecule has 3 nitrogen and oxygen atoms in total. The Morgan fingerprint density at radius 3 is 2.11 bits per heavy atom. The molecule has 164 valence electrons. The number of nitrogens with zero attached hydrogens (tertiary/aromatic N) is 2. The third-order valence-electron chi connectivity index (χ3n) is 7.91. The number of nitrogens with one attached hydrogen (secondary N) is 1. The van der Waals surface area contributed by atoms with E-state index in [9.17, 15) is 0 Å². The maximum atomic E-state index is 15.4. The summed E-state index contributed by atoms with van der Waals surface area (Å²) in [6.07, 6.45) is 7.98. The zero-order valence-electron chi connectivity index (χ0n) is 19.3. The van der Waals surface area contributed by atoms with Gasteiger partial charge < -0.3 is 5.32 Å². The van der Waals surface area contributed by atoms with Crippen molar-refractivity contribution in [3.05, 3.63) is 0 Å². The van der Waals surface area contributed by atoms with Crippen LogP contribution in [0, 0.1) is 16.7 Å². The molecule has 0 aromatic heterocycles. The fourth-order valence-electron chi connectivity index (χ4n) is 6.05. The van der Waals surface area contributed by atoms with Crippen molar-refractivity contribution in [2.45, 2.75) is 91.3 Å². The lowest BCUT2D eigenvalue weighted by Gasteiger charge is -2.54. The lowest BCUT2D eigenvalue weighted by Crippen LogP contribution is -2.58. The maximum absolute atomic E-state index is 15.4. The van der Waals surface area contributed by atoms with Crippen molar-refractivity contribution in [2.75, 3.05) is 45.8 Å². The maximum Gasteiger partial charge on any atom is 0.124 e. The third-order valence-corrected chi connectivity index (χ3v) is 7.91. The Kier molecular flexibility index (Phi) is 7.15. The van der Waals surface area contributed by atoms with Crippen molar-refractivity contribution in [3.63, 3.8) is 0 Å². The molecule has 1 heterocycles. The van der Waals surface area contributed by atoms with Crippen LogP contribution in [0.15, 0.2) is 0 Å². The molecule has 0 atom stereocenters. The van der Waals surface area contributed by atoms with Gasteiger partial charge in [-0.1, -0.05) is 27.2 Å². The molecule has 4 heteroatoms. The Morgan fingerprint density at radius 1 is 0.964 bits per heavy atom. The van der Waals surface area contributed by atoms with E-state index in [1.165, 1.54) is 25.8 Å². The van der Waals surface area contributed by atoms with Gasteiger partial charge in [0.05, 0.1) is 0 Å². The minimum absolute atomic E-state index is 0.246. The molecule has 0 amide bonds. The number of rotatable bonds is 11. The molecule has 0 radical (unpaired) electrons. The molecule has 1 N–H and O–H groups in total. The van der Waals surface area contributed by atoms with Gasteiger partial charge in [0, 0.05) is 45.3 Å². The fraction of sp³-hybridized carbons (Fsp3) is 1.00. The average Bonchev–Trinajstić information content (AvgIpc) is 3.36. The molecule has 3 fully saturated rings. The first-order valence-corrected chi connectivity index (χ1v) is 12.0. The average molecular weight is 396 g/mol. The summed E-state index contributed by atoms with van der Waals surface area (Å²) in [5.41, 5.74) is -0.100. The molecule has 1 aliphatic heterocycles. The van der Waals surface area contributed by atoms with E-state index in [2.05, 4.69) is 49.7 Å². The summed E-state index contributed by atoms with van der Waals surface area (Å²) in [6, 6.07) is 0.612. The van der Waals surface area contributed by atoms with Crippen molar-refractivity contribution in [3.8, 4) is 0 Å². The van der Waals surface area contributed by atoms with Crippen LogP contribution in [0.3, 0.4) is 0 Å². The molecule has 28 heavy (non-hydrogen) atoms. The second-order valence-corrected chi connectivity index (χ2v) is 11.3. The highest BCUT2D eigenvalue weighted by atomic mass is 19.1. The summed E-state index contributed by atoms with van der Waals surface area (Å²) in [6.45, 7) is 18.6. The lowest BCUT2D eigenvalue weighted by atomic mass is 9.57. The van der Waals surface area contributed by atoms with E-state index in [1.807, 2.05) is 0 Å². The zero-order chi connectivity index (χ0) is 20.4. The molecule has 2 aliphatic carbocycles. The van der Waals surface area contributed by atoms with E-state index in [4.69, 9.17) is 0 Å². The molecule has 3 aliphatic rings. The summed E-state index contributed by atoms with van der Waals surface area (Å²) < 4.78 is 15.4. The van der Waals surface area contributed by atoms with Crippen molar-refractivity contribution in [2.24, 2.45) is 16.7 Å². The van der Waals surface area contributed by atoms with Gasteiger partial charge in [0.15, 0.2) is 0 Å². The first-order chi connectivity index (χ1) is 13.2. The highest BCUT2D eigenvalue weighted by molar-refractivity contribution is 5.06. The second-order valence-electron chi connectivity index (χ2n) is 11.3. The van der Waals surface area contributed by atoms with Crippen LogP contribution in [-0.4, -0.2) is 67.3 Å². The number of alkyl halides is 1. The van der Waals surface area contributed by atoms with Crippen molar-refractivity contribution < 1.29 is 4.39 Å². The summed E-state index contributed by atoms with van der Waals surface area (Å²) in [5, 5.41) is 3.74. The monoisotopic (exact) mass is 395 g/mol. The summed E-state index contributed by atoms with van der Waals surface area (Å²) >= 11 is 0. The van der Waals surface area contributed by atoms with E-state index in [1.54, 1.807) is 0 Å². The van der Waals surface area contributed by atoms with Gasteiger partial charge in [-0.05, 0) is 75.7 Å². The largest absolute Gasteiger partial charge is 0.316 e. The van der Waals surface area contributed by atoms with E-state index >= 15 is 4.39 Å². The van der Waals surface area contributed by atoms with Crippen LogP contribution in [0.2, 0.25) is 0 Å². The third kappa shape index (κ3) is 5.70. The Balaban J connectivity index is 1.36. The molecule has 0 bridgehead atoms. The molecular formula is C24H46FN3. The Hall–Kier alpha value is -0.190.